The quantitative estimate of drug-likeness (QED) is 0.300. The van der Waals surface area contributed by atoms with Gasteiger partial charge in [0.25, 0.3) is 0 Å². The highest BCUT2D eigenvalue weighted by Crippen LogP contribution is 2.08. The molecule has 0 aromatic heterocycles. The minimum atomic E-state index is -0.563. The Bertz CT molecular complexity index is 349. The molecule has 0 aromatic carbocycles. The summed E-state index contributed by atoms with van der Waals surface area (Å²) in [7, 11) is 0. The van der Waals surface area contributed by atoms with Crippen molar-refractivity contribution in [3.63, 3.8) is 0 Å². The summed E-state index contributed by atoms with van der Waals surface area (Å²) in [4.78, 5) is 22.6. The van der Waals surface area contributed by atoms with E-state index in [0.717, 1.165) is 44.9 Å². The van der Waals surface area contributed by atoms with Gasteiger partial charge in [0.1, 0.15) is 6.54 Å². The van der Waals surface area contributed by atoms with Crippen LogP contribution in [-0.2, 0) is 14.3 Å². The molecule has 0 saturated heterocycles. The number of unbranched alkanes of at least 4 members (excludes halogenated alkanes) is 8. The second-order valence-electron chi connectivity index (χ2n) is 5.49. The first-order valence-electron chi connectivity index (χ1n) is 8.70. The molecule has 0 aromatic rings. The summed E-state index contributed by atoms with van der Waals surface area (Å²) in [6.45, 7) is 2.66. The second-order valence-corrected chi connectivity index (χ2v) is 5.49. The lowest BCUT2D eigenvalue weighted by molar-refractivity contribution is -0.142. The molecule has 1 amide bonds. The van der Waals surface area contributed by atoms with Gasteiger partial charge in [0.15, 0.2) is 0 Å². The molecule has 0 fully saturated rings. The number of carbonyl (C=O) groups is 2. The highest BCUT2D eigenvalue weighted by atomic mass is 16.6. The largest absolute Gasteiger partial charge is 0.464 e. The lowest BCUT2D eigenvalue weighted by Gasteiger charge is -2.07. The maximum absolute atomic E-state index is 11.4. The van der Waals surface area contributed by atoms with E-state index in [-0.39, 0.29) is 6.54 Å². The molecule has 0 aliphatic carbocycles. The van der Waals surface area contributed by atoms with Crippen molar-refractivity contribution in [2.45, 2.75) is 71.1 Å². The zero-order chi connectivity index (χ0) is 17.2. The normalized spacial score (nSPS) is 9.91. The van der Waals surface area contributed by atoms with Crippen LogP contribution < -0.4 is 5.32 Å². The summed E-state index contributed by atoms with van der Waals surface area (Å²) < 4.78 is 9.92. The van der Waals surface area contributed by atoms with Crippen molar-refractivity contribution < 1.29 is 19.1 Å². The van der Waals surface area contributed by atoms with Gasteiger partial charge in [-0.25, -0.2) is 4.79 Å². The molecule has 0 heterocycles. The Morgan fingerprint density at radius 1 is 0.913 bits per heavy atom. The average Bonchev–Trinajstić information content (AvgIpc) is 2.55. The fraction of sp³-hybridized carbons (Fsp3) is 0.778. The fourth-order valence-corrected chi connectivity index (χ4v) is 1.95. The summed E-state index contributed by atoms with van der Waals surface area (Å²) in [5.74, 6) is 2.21. The standard InChI is InChI=1S/C18H31NO4/c1-3-5-7-8-9-10-11-12-13-15-23-18(21)19-16-17(20)22-14-6-4-2/h1H,4-16H2,2H3,(H,19,21). The third kappa shape index (κ3) is 16.5. The van der Waals surface area contributed by atoms with E-state index in [1.807, 2.05) is 6.92 Å². The van der Waals surface area contributed by atoms with E-state index in [1.54, 1.807) is 0 Å². The van der Waals surface area contributed by atoms with Gasteiger partial charge in [-0.15, -0.1) is 12.3 Å². The molecule has 132 valence electrons. The van der Waals surface area contributed by atoms with Gasteiger partial charge in [-0.3, -0.25) is 4.79 Å². The molecule has 0 aliphatic heterocycles. The predicted octanol–water partition coefficient (Wildman–Crippen LogP) is 3.81. The Morgan fingerprint density at radius 3 is 2.17 bits per heavy atom. The number of ether oxygens (including phenoxy) is 2. The summed E-state index contributed by atoms with van der Waals surface area (Å²) in [5, 5.41) is 2.39. The average molecular weight is 325 g/mol. The van der Waals surface area contributed by atoms with Crippen molar-refractivity contribution >= 4 is 12.1 Å². The van der Waals surface area contributed by atoms with Crippen molar-refractivity contribution in [3.05, 3.63) is 0 Å². The Kier molecular flexibility index (Phi) is 15.4. The fourth-order valence-electron chi connectivity index (χ4n) is 1.95. The van der Waals surface area contributed by atoms with Crippen molar-refractivity contribution in [2.24, 2.45) is 0 Å². The van der Waals surface area contributed by atoms with Gasteiger partial charge in [0.05, 0.1) is 13.2 Å². The van der Waals surface area contributed by atoms with E-state index in [1.165, 1.54) is 19.3 Å². The topological polar surface area (TPSA) is 64.6 Å². The first kappa shape index (κ1) is 21.3. The van der Waals surface area contributed by atoms with Crippen LogP contribution in [0, 0.1) is 12.3 Å². The highest BCUT2D eigenvalue weighted by Gasteiger charge is 2.06. The third-order valence-corrected chi connectivity index (χ3v) is 3.34. The molecule has 0 atom stereocenters. The number of rotatable bonds is 14. The molecule has 0 saturated carbocycles. The van der Waals surface area contributed by atoms with Gasteiger partial charge in [0, 0.05) is 6.42 Å². The monoisotopic (exact) mass is 325 g/mol. The van der Waals surface area contributed by atoms with Crippen LogP contribution in [0.3, 0.4) is 0 Å². The summed E-state index contributed by atoms with van der Waals surface area (Å²) in [5.41, 5.74) is 0. The molecule has 5 heteroatoms. The second kappa shape index (κ2) is 16.7. The molecule has 23 heavy (non-hydrogen) atoms. The van der Waals surface area contributed by atoms with E-state index in [0.29, 0.717) is 13.2 Å². The number of nitrogens with one attached hydrogen (secondary N) is 1. The first-order valence-corrected chi connectivity index (χ1v) is 8.70. The minimum Gasteiger partial charge on any atom is -0.464 e. The summed E-state index contributed by atoms with van der Waals surface area (Å²) in [6.07, 6.45) is 15.0. The summed E-state index contributed by atoms with van der Waals surface area (Å²) >= 11 is 0. The summed E-state index contributed by atoms with van der Waals surface area (Å²) in [6, 6.07) is 0. The molecule has 0 bridgehead atoms. The molecule has 0 aliphatic rings. The SMILES string of the molecule is C#CCCCCCCCCCOC(=O)NCC(=O)OCCCC. The maximum Gasteiger partial charge on any atom is 0.407 e. The van der Waals surface area contributed by atoms with Gasteiger partial charge in [-0.2, -0.15) is 0 Å². The van der Waals surface area contributed by atoms with Crippen LogP contribution in [-0.4, -0.2) is 31.8 Å². The smallest absolute Gasteiger partial charge is 0.407 e. The van der Waals surface area contributed by atoms with Crippen molar-refractivity contribution in [1.82, 2.24) is 5.32 Å². The zero-order valence-electron chi connectivity index (χ0n) is 14.4. The third-order valence-electron chi connectivity index (χ3n) is 3.34. The Hall–Kier alpha value is -1.70. The number of amides is 1. The number of hydrogen-bond donors (Lipinski definition) is 1. The van der Waals surface area contributed by atoms with Gasteiger partial charge in [-0.05, 0) is 19.3 Å². The molecule has 0 unspecified atom stereocenters. The maximum atomic E-state index is 11.4. The highest BCUT2D eigenvalue weighted by molar-refractivity contribution is 5.77. The number of carbonyl (C=O) groups excluding carboxylic acids is 2. The Balaban J connectivity index is 3.30. The van der Waals surface area contributed by atoms with Crippen LogP contribution in [0.4, 0.5) is 4.79 Å². The molecule has 0 spiro atoms. The Labute approximate surface area is 140 Å². The molecule has 5 nitrogen and oxygen atoms in total. The van der Waals surface area contributed by atoms with Gasteiger partial charge >= 0.3 is 12.1 Å². The van der Waals surface area contributed by atoms with Gasteiger partial charge < -0.3 is 14.8 Å². The van der Waals surface area contributed by atoms with Crippen LogP contribution >= 0.6 is 0 Å². The van der Waals surface area contributed by atoms with Crippen molar-refractivity contribution in [3.8, 4) is 12.3 Å². The number of hydrogen-bond acceptors (Lipinski definition) is 4. The van der Waals surface area contributed by atoms with Crippen LogP contribution in [0.25, 0.3) is 0 Å². The van der Waals surface area contributed by atoms with E-state index in [4.69, 9.17) is 15.9 Å². The number of alkyl carbamates (subject to hydrolysis) is 1. The predicted molar refractivity (Wildman–Crippen MR) is 91.0 cm³/mol. The van der Waals surface area contributed by atoms with Crippen molar-refractivity contribution in [2.75, 3.05) is 19.8 Å². The van der Waals surface area contributed by atoms with Gasteiger partial charge in [-0.1, -0.05) is 45.4 Å². The van der Waals surface area contributed by atoms with E-state index < -0.39 is 12.1 Å². The Morgan fingerprint density at radius 2 is 1.52 bits per heavy atom. The van der Waals surface area contributed by atoms with E-state index in [9.17, 15) is 9.59 Å². The van der Waals surface area contributed by atoms with Crippen LogP contribution in [0.2, 0.25) is 0 Å². The van der Waals surface area contributed by atoms with E-state index in [2.05, 4.69) is 11.2 Å². The van der Waals surface area contributed by atoms with Crippen LogP contribution in [0.15, 0.2) is 0 Å². The zero-order valence-corrected chi connectivity index (χ0v) is 14.4. The lowest BCUT2D eigenvalue weighted by Crippen LogP contribution is -2.31. The molecule has 0 radical (unpaired) electrons. The molecular weight excluding hydrogens is 294 g/mol. The molecule has 1 N–H and O–H groups in total. The number of esters is 1. The van der Waals surface area contributed by atoms with Crippen LogP contribution in [0.5, 0.6) is 0 Å². The minimum absolute atomic E-state index is 0.139. The molecule has 0 rings (SSSR count). The lowest BCUT2D eigenvalue weighted by atomic mass is 10.1. The molecular formula is C18H31NO4. The van der Waals surface area contributed by atoms with Crippen molar-refractivity contribution in [1.29, 1.82) is 0 Å². The number of terminal acetylenes is 1. The van der Waals surface area contributed by atoms with Gasteiger partial charge in [0.2, 0.25) is 0 Å². The van der Waals surface area contributed by atoms with E-state index >= 15 is 0 Å². The van der Waals surface area contributed by atoms with Crippen LogP contribution in [0.1, 0.15) is 71.1 Å². The first-order chi connectivity index (χ1) is 11.2.